The maximum atomic E-state index is 11.4. The molecule has 1 aromatic carbocycles. The summed E-state index contributed by atoms with van der Waals surface area (Å²) in [6, 6.07) is 6.72. The van der Waals surface area contributed by atoms with Gasteiger partial charge in [0.15, 0.2) is 0 Å². The first-order chi connectivity index (χ1) is 7.76. The highest BCUT2D eigenvalue weighted by Gasteiger charge is 2.01. The average Bonchev–Trinajstić information content (AvgIpc) is 2.29. The van der Waals surface area contributed by atoms with E-state index in [1.807, 2.05) is 6.92 Å². The molecular formula is C10H12N4OS. The lowest BCUT2D eigenvalue weighted by Crippen LogP contribution is -2.13. The minimum absolute atomic E-state index is 0.0246. The van der Waals surface area contributed by atoms with Gasteiger partial charge < -0.3 is 5.32 Å². The van der Waals surface area contributed by atoms with Crippen LogP contribution in [0.4, 0.5) is 11.4 Å². The molecule has 0 aromatic heterocycles. The van der Waals surface area contributed by atoms with E-state index in [9.17, 15) is 4.79 Å². The van der Waals surface area contributed by atoms with E-state index in [-0.39, 0.29) is 5.91 Å². The highest BCUT2D eigenvalue weighted by Crippen LogP contribution is 2.16. The van der Waals surface area contributed by atoms with Crippen LogP contribution >= 0.6 is 11.8 Å². The van der Waals surface area contributed by atoms with Crippen LogP contribution in [-0.2, 0) is 4.79 Å². The number of thioether (sulfide) groups is 1. The Morgan fingerprint density at radius 3 is 2.75 bits per heavy atom. The van der Waals surface area contributed by atoms with Crippen LogP contribution in [0.2, 0.25) is 0 Å². The van der Waals surface area contributed by atoms with Crippen molar-refractivity contribution in [3.63, 3.8) is 0 Å². The zero-order chi connectivity index (χ0) is 11.8. The molecule has 1 rings (SSSR count). The van der Waals surface area contributed by atoms with Crippen LogP contribution < -0.4 is 5.32 Å². The second kappa shape index (κ2) is 6.76. The van der Waals surface area contributed by atoms with Gasteiger partial charge in [-0.15, -0.1) is 0 Å². The largest absolute Gasteiger partial charge is 0.325 e. The number of rotatable bonds is 5. The third-order valence-corrected chi connectivity index (χ3v) is 2.62. The van der Waals surface area contributed by atoms with Gasteiger partial charge in [0.1, 0.15) is 0 Å². The van der Waals surface area contributed by atoms with Crippen molar-refractivity contribution in [3.8, 4) is 0 Å². The Morgan fingerprint density at radius 2 is 2.19 bits per heavy atom. The maximum Gasteiger partial charge on any atom is 0.234 e. The van der Waals surface area contributed by atoms with Crippen molar-refractivity contribution in [2.24, 2.45) is 5.11 Å². The van der Waals surface area contributed by atoms with E-state index < -0.39 is 0 Å². The van der Waals surface area contributed by atoms with Crippen LogP contribution in [0.5, 0.6) is 0 Å². The van der Waals surface area contributed by atoms with Crippen molar-refractivity contribution in [2.75, 3.05) is 16.8 Å². The van der Waals surface area contributed by atoms with Crippen molar-refractivity contribution in [1.82, 2.24) is 0 Å². The summed E-state index contributed by atoms with van der Waals surface area (Å²) in [5.74, 6) is 1.35. The molecule has 1 N–H and O–H groups in total. The fourth-order valence-electron chi connectivity index (χ4n) is 1.05. The highest BCUT2D eigenvalue weighted by atomic mass is 32.2. The number of nitrogens with one attached hydrogen (secondary N) is 1. The Balaban J connectivity index is 2.54. The van der Waals surface area contributed by atoms with E-state index in [0.717, 1.165) is 5.75 Å². The molecular weight excluding hydrogens is 224 g/mol. The number of hydrogen-bond donors (Lipinski definition) is 1. The van der Waals surface area contributed by atoms with Gasteiger partial charge in [0.25, 0.3) is 0 Å². The monoisotopic (exact) mass is 236 g/mol. The van der Waals surface area contributed by atoms with Gasteiger partial charge >= 0.3 is 0 Å². The van der Waals surface area contributed by atoms with Crippen LogP contribution in [0.3, 0.4) is 0 Å². The normalized spacial score (nSPS) is 9.31. The number of anilines is 1. The Hall–Kier alpha value is -1.65. The molecule has 16 heavy (non-hydrogen) atoms. The number of carbonyl (C=O) groups excluding carboxylic acids is 1. The summed E-state index contributed by atoms with van der Waals surface area (Å²) in [6.07, 6.45) is 0. The minimum Gasteiger partial charge on any atom is -0.325 e. The van der Waals surface area contributed by atoms with Crippen molar-refractivity contribution >= 4 is 29.0 Å². The third-order valence-electron chi connectivity index (χ3n) is 1.75. The lowest BCUT2D eigenvalue weighted by atomic mass is 10.3. The standard InChI is InChI=1S/C10H12N4OS/c1-2-16-7-10(15)12-8-3-5-9(6-4-8)13-14-11/h3-6H,2,7H2,1H3,(H,12,15). The number of azide groups is 1. The molecule has 0 aliphatic carbocycles. The highest BCUT2D eigenvalue weighted by molar-refractivity contribution is 7.99. The van der Waals surface area contributed by atoms with E-state index in [1.54, 1.807) is 36.0 Å². The predicted octanol–water partition coefficient (Wildman–Crippen LogP) is 3.32. The van der Waals surface area contributed by atoms with E-state index in [1.165, 1.54) is 0 Å². The Kier molecular flexibility index (Phi) is 5.25. The SMILES string of the molecule is CCSCC(=O)Nc1ccc(N=[N+]=[N-])cc1. The van der Waals surface area contributed by atoms with Gasteiger partial charge in [-0.1, -0.05) is 24.2 Å². The maximum absolute atomic E-state index is 11.4. The summed E-state index contributed by atoms with van der Waals surface area (Å²) < 4.78 is 0. The summed E-state index contributed by atoms with van der Waals surface area (Å²) >= 11 is 1.57. The lowest BCUT2D eigenvalue weighted by Gasteiger charge is -2.04. The first-order valence-electron chi connectivity index (χ1n) is 4.79. The quantitative estimate of drug-likeness (QED) is 0.483. The number of hydrogen-bond acceptors (Lipinski definition) is 3. The molecule has 0 spiro atoms. The van der Waals surface area contributed by atoms with Crippen molar-refractivity contribution in [1.29, 1.82) is 0 Å². The fraction of sp³-hybridized carbons (Fsp3) is 0.300. The topological polar surface area (TPSA) is 77.9 Å². The first kappa shape index (κ1) is 12.4. The van der Waals surface area contributed by atoms with Crippen LogP contribution in [0, 0.1) is 0 Å². The smallest absolute Gasteiger partial charge is 0.234 e. The molecule has 0 bridgehead atoms. The molecule has 0 saturated carbocycles. The van der Waals surface area contributed by atoms with Crippen LogP contribution in [0.25, 0.3) is 10.4 Å². The molecule has 0 unspecified atom stereocenters. The van der Waals surface area contributed by atoms with Gasteiger partial charge in [0.2, 0.25) is 5.91 Å². The molecule has 84 valence electrons. The molecule has 0 radical (unpaired) electrons. The van der Waals surface area contributed by atoms with E-state index in [2.05, 4.69) is 15.3 Å². The molecule has 1 aromatic rings. The van der Waals surface area contributed by atoms with Crippen LogP contribution in [0.15, 0.2) is 29.4 Å². The van der Waals surface area contributed by atoms with Gasteiger partial charge in [0, 0.05) is 16.3 Å². The molecule has 5 nitrogen and oxygen atoms in total. The Bertz CT molecular complexity index is 398. The van der Waals surface area contributed by atoms with Crippen LogP contribution in [-0.4, -0.2) is 17.4 Å². The van der Waals surface area contributed by atoms with Gasteiger partial charge in [0.05, 0.1) is 5.75 Å². The molecule has 0 aliphatic rings. The number of amides is 1. The average molecular weight is 236 g/mol. The molecule has 0 fully saturated rings. The van der Waals surface area contributed by atoms with E-state index >= 15 is 0 Å². The van der Waals surface area contributed by atoms with Crippen molar-refractivity contribution in [3.05, 3.63) is 34.7 Å². The van der Waals surface area contributed by atoms with Crippen molar-refractivity contribution in [2.45, 2.75) is 6.92 Å². The third kappa shape index (κ3) is 4.25. The fourth-order valence-corrected chi connectivity index (χ4v) is 1.52. The molecule has 0 saturated heterocycles. The number of nitrogens with zero attached hydrogens (tertiary/aromatic N) is 3. The summed E-state index contributed by atoms with van der Waals surface area (Å²) in [6.45, 7) is 2.01. The van der Waals surface area contributed by atoms with E-state index in [4.69, 9.17) is 5.53 Å². The molecule has 6 heteroatoms. The van der Waals surface area contributed by atoms with Gasteiger partial charge in [-0.3, -0.25) is 4.79 Å². The Morgan fingerprint density at radius 1 is 1.50 bits per heavy atom. The summed E-state index contributed by atoms with van der Waals surface area (Å²) in [5, 5.41) is 6.19. The molecule has 0 atom stereocenters. The van der Waals surface area contributed by atoms with E-state index in [0.29, 0.717) is 17.1 Å². The summed E-state index contributed by atoms with van der Waals surface area (Å²) in [5.41, 5.74) is 9.46. The lowest BCUT2D eigenvalue weighted by molar-refractivity contribution is -0.113. The van der Waals surface area contributed by atoms with Crippen molar-refractivity contribution < 1.29 is 4.79 Å². The number of carbonyl (C=O) groups is 1. The van der Waals surface area contributed by atoms with Gasteiger partial charge in [-0.25, -0.2) is 0 Å². The molecule has 0 heterocycles. The first-order valence-corrected chi connectivity index (χ1v) is 5.94. The van der Waals surface area contributed by atoms with Gasteiger partial charge in [-0.2, -0.15) is 11.8 Å². The second-order valence-electron chi connectivity index (χ2n) is 2.92. The predicted molar refractivity (Wildman–Crippen MR) is 66.9 cm³/mol. The zero-order valence-corrected chi connectivity index (χ0v) is 9.70. The van der Waals surface area contributed by atoms with Gasteiger partial charge in [-0.05, 0) is 23.4 Å². The minimum atomic E-state index is -0.0246. The summed E-state index contributed by atoms with van der Waals surface area (Å²) in [4.78, 5) is 14.0. The molecule has 1 amide bonds. The zero-order valence-electron chi connectivity index (χ0n) is 8.88. The Labute approximate surface area is 97.9 Å². The molecule has 0 aliphatic heterocycles. The second-order valence-corrected chi connectivity index (χ2v) is 4.20. The van der Waals surface area contributed by atoms with Crippen LogP contribution in [0.1, 0.15) is 6.92 Å². The summed E-state index contributed by atoms with van der Waals surface area (Å²) in [7, 11) is 0. The number of benzene rings is 1.